The Balaban J connectivity index is 1.27. The van der Waals surface area contributed by atoms with Gasteiger partial charge in [-0.3, -0.25) is 0 Å². The van der Waals surface area contributed by atoms with Gasteiger partial charge in [-0.25, -0.2) is 15.0 Å². The minimum Gasteiger partial charge on any atom is -0.369 e. The first kappa shape index (κ1) is 24.4. The number of anilines is 1. The zero-order valence-electron chi connectivity index (χ0n) is 21.7. The van der Waals surface area contributed by atoms with E-state index in [4.69, 9.17) is 4.98 Å². The number of likely N-dealkylation sites (N-methyl/N-ethyl adjacent to an activating group) is 1. The van der Waals surface area contributed by atoms with Gasteiger partial charge in [0.15, 0.2) is 0 Å². The molecule has 188 valence electrons. The molecule has 2 aromatic carbocycles. The molecule has 2 heterocycles. The molecule has 1 fully saturated rings. The van der Waals surface area contributed by atoms with Crippen LogP contribution >= 0.6 is 0 Å². The molecule has 7 nitrogen and oxygen atoms in total. The van der Waals surface area contributed by atoms with Crippen LogP contribution in [0, 0.1) is 0 Å². The van der Waals surface area contributed by atoms with E-state index in [1.807, 2.05) is 31.5 Å². The molecule has 1 N–H and O–H groups in total. The van der Waals surface area contributed by atoms with Crippen molar-refractivity contribution in [3.8, 4) is 11.3 Å². The lowest BCUT2D eigenvalue weighted by Crippen LogP contribution is -2.44. The zero-order chi connectivity index (χ0) is 24.9. The van der Waals surface area contributed by atoms with Gasteiger partial charge >= 0.3 is 0 Å². The summed E-state index contributed by atoms with van der Waals surface area (Å²) >= 11 is 0. The van der Waals surface area contributed by atoms with Crippen LogP contribution in [0.5, 0.6) is 0 Å². The average Bonchev–Trinajstić information content (AvgIpc) is 2.91. The number of aliphatic imine (C=N–C) groups is 1. The summed E-state index contributed by atoms with van der Waals surface area (Å²) in [6.07, 6.45) is 5.84. The molecular weight excluding hydrogens is 446 g/mol. The Hall–Kier alpha value is -3.29. The van der Waals surface area contributed by atoms with E-state index in [-0.39, 0.29) is 5.92 Å². The molecule has 0 radical (unpaired) electrons. The third-order valence-electron chi connectivity index (χ3n) is 7.14. The maximum Gasteiger partial charge on any atom is 0.223 e. The highest BCUT2D eigenvalue weighted by Crippen LogP contribution is 2.42. The first-order valence-corrected chi connectivity index (χ1v) is 13.0. The number of fused-ring (bicyclic) bond motifs is 3. The lowest BCUT2D eigenvalue weighted by molar-refractivity contribution is 0.154. The topological polar surface area (TPSA) is 59.9 Å². The van der Waals surface area contributed by atoms with Crippen molar-refractivity contribution in [2.75, 3.05) is 65.7 Å². The third kappa shape index (κ3) is 5.74. The van der Waals surface area contributed by atoms with Gasteiger partial charge in [-0.15, -0.1) is 0 Å². The van der Waals surface area contributed by atoms with Gasteiger partial charge in [0.25, 0.3) is 0 Å². The molecule has 1 aliphatic carbocycles. The predicted octanol–water partition coefficient (Wildman–Crippen LogP) is 4.10. The van der Waals surface area contributed by atoms with Crippen molar-refractivity contribution in [3.05, 3.63) is 71.4 Å². The van der Waals surface area contributed by atoms with Crippen LogP contribution in [0.15, 0.2) is 59.7 Å². The molecule has 2 aliphatic rings. The van der Waals surface area contributed by atoms with E-state index in [1.54, 1.807) is 0 Å². The maximum atomic E-state index is 4.97. The standard InChI is InChI=1S/C29H37N7/c1-34(2)21-32-24-11-9-22(10-12-24)27-19-23-20-31-29(33-28(23)26-8-5-4-7-25(26)27)30-13-6-14-36-17-15-35(3)16-18-36/h4-5,7-12,20-21,27H,6,13-19H2,1-3H3,(H,30,31,33). The number of nitrogens with one attached hydrogen (secondary N) is 1. The number of aromatic nitrogens is 2. The molecule has 0 amide bonds. The largest absolute Gasteiger partial charge is 0.369 e. The average molecular weight is 484 g/mol. The quantitative estimate of drug-likeness (QED) is 0.296. The summed E-state index contributed by atoms with van der Waals surface area (Å²) in [5.41, 5.74) is 7.06. The Kier molecular flexibility index (Phi) is 7.58. The Morgan fingerprint density at radius 3 is 2.61 bits per heavy atom. The van der Waals surface area contributed by atoms with E-state index >= 15 is 0 Å². The summed E-state index contributed by atoms with van der Waals surface area (Å²) in [5, 5.41) is 3.47. The summed E-state index contributed by atoms with van der Waals surface area (Å²) in [4.78, 5) is 21.0. The summed E-state index contributed by atoms with van der Waals surface area (Å²) in [6, 6.07) is 17.3. The summed E-state index contributed by atoms with van der Waals surface area (Å²) in [7, 11) is 6.16. The van der Waals surface area contributed by atoms with Crippen molar-refractivity contribution in [3.63, 3.8) is 0 Å². The molecule has 5 rings (SSSR count). The van der Waals surface area contributed by atoms with Crippen LogP contribution in [0.25, 0.3) is 11.3 Å². The van der Waals surface area contributed by atoms with Crippen molar-refractivity contribution in [2.45, 2.75) is 18.8 Å². The van der Waals surface area contributed by atoms with E-state index in [0.717, 1.165) is 69.4 Å². The van der Waals surface area contributed by atoms with Gasteiger partial charge in [-0.2, -0.15) is 0 Å². The molecule has 3 aromatic rings. The predicted molar refractivity (Wildman–Crippen MR) is 148 cm³/mol. The van der Waals surface area contributed by atoms with Gasteiger partial charge in [0, 0.05) is 64.5 Å². The minimum absolute atomic E-state index is 0.284. The summed E-state index contributed by atoms with van der Waals surface area (Å²) in [5.74, 6) is 1.01. The molecule has 36 heavy (non-hydrogen) atoms. The number of hydrogen-bond donors (Lipinski definition) is 1. The van der Waals surface area contributed by atoms with Crippen LogP contribution in [0.2, 0.25) is 0 Å². The first-order chi connectivity index (χ1) is 17.6. The number of benzene rings is 2. The third-order valence-corrected chi connectivity index (χ3v) is 7.14. The summed E-state index contributed by atoms with van der Waals surface area (Å²) < 4.78 is 0. The number of rotatable bonds is 8. The maximum absolute atomic E-state index is 4.97. The van der Waals surface area contributed by atoms with E-state index in [9.17, 15) is 0 Å². The van der Waals surface area contributed by atoms with Gasteiger partial charge in [-0.1, -0.05) is 36.4 Å². The molecule has 1 atom stereocenters. The first-order valence-electron chi connectivity index (χ1n) is 13.0. The van der Waals surface area contributed by atoms with Crippen molar-refractivity contribution in [1.29, 1.82) is 0 Å². The fraction of sp³-hybridized carbons (Fsp3) is 0.414. The smallest absolute Gasteiger partial charge is 0.223 e. The fourth-order valence-corrected chi connectivity index (χ4v) is 5.07. The molecule has 0 bridgehead atoms. The highest BCUT2D eigenvalue weighted by Gasteiger charge is 2.27. The molecule has 1 saturated heterocycles. The number of hydrogen-bond acceptors (Lipinski definition) is 6. The van der Waals surface area contributed by atoms with Crippen LogP contribution in [-0.4, -0.2) is 91.4 Å². The molecule has 1 unspecified atom stereocenters. The van der Waals surface area contributed by atoms with Crippen LogP contribution < -0.4 is 5.32 Å². The summed E-state index contributed by atoms with van der Waals surface area (Å²) in [6.45, 7) is 6.66. The van der Waals surface area contributed by atoms with E-state index < -0.39 is 0 Å². The molecule has 0 spiro atoms. The van der Waals surface area contributed by atoms with Crippen LogP contribution in [-0.2, 0) is 6.42 Å². The lowest BCUT2D eigenvalue weighted by atomic mass is 9.78. The SMILES string of the molecule is CN(C)C=Nc1ccc(C2Cc3cnc(NCCCN4CCN(C)CC4)nc3-c3ccccc32)cc1. The van der Waals surface area contributed by atoms with Gasteiger partial charge in [0.2, 0.25) is 5.95 Å². The molecular formula is C29H37N7. The van der Waals surface area contributed by atoms with Crippen LogP contribution in [0.3, 0.4) is 0 Å². The van der Waals surface area contributed by atoms with Crippen LogP contribution in [0.1, 0.15) is 29.0 Å². The number of nitrogens with zero attached hydrogens (tertiary/aromatic N) is 6. The van der Waals surface area contributed by atoms with Crippen molar-refractivity contribution < 1.29 is 0 Å². The van der Waals surface area contributed by atoms with Gasteiger partial charge < -0.3 is 20.0 Å². The van der Waals surface area contributed by atoms with Gasteiger partial charge in [-0.05, 0) is 55.3 Å². The highest BCUT2D eigenvalue weighted by molar-refractivity contribution is 5.72. The lowest BCUT2D eigenvalue weighted by Gasteiger charge is -2.32. The Labute approximate surface area is 214 Å². The Morgan fingerprint density at radius 2 is 1.83 bits per heavy atom. The van der Waals surface area contributed by atoms with Crippen molar-refractivity contribution in [1.82, 2.24) is 24.7 Å². The molecule has 1 aromatic heterocycles. The second-order valence-electron chi connectivity index (χ2n) is 10.1. The zero-order valence-corrected chi connectivity index (χ0v) is 21.7. The monoisotopic (exact) mass is 483 g/mol. The molecule has 0 saturated carbocycles. The number of piperazine rings is 1. The fourth-order valence-electron chi connectivity index (χ4n) is 5.07. The highest BCUT2D eigenvalue weighted by atomic mass is 15.2. The van der Waals surface area contributed by atoms with Crippen molar-refractivity contribution >= 4 is 18.0 Å². The Bertz CT molecular complexity index is 1180. The van der Waals surface area contributed by atoms with E-state index in [0.29, 0.717) is 0 Å². The Morgan fingerprint density at radius 1 is 1.06 bits per heavy atom. The van der Waals surface area contributed by atoms with Crippen molar-refractivity contribution in [2.24, 2.45) is 4.99 Å². The molecule has 7 heteroatoms. The van der Waals surface area contributed by atoms with Gasteiger partial charge in [0.1, 0.15) is 0 Å². The van der Waals surface area contributed by atoms with E-state index in [1.165, 1.54) is 22.3 Å². The molecule has 1 aliphatic heterocycles. The van der Waals surface area contributed by atoms with Crippen LogP contribution in [0.4, 0.5) is 11.6 Å². The second kappa shape index (κ2) is 11.2. The minimum atomic E-state index is 0.284. The second-order valence-corrected chi connectivity index (χ2v) is 10.1. The van der Waals surface area contributed by atoms with Gasteiger partial charge in [0.05, 0.1) is 17.7 Å². The normalized spacial score (nSPS) is 18.1. The van der Waals surface area contributed by atoms with E-state index in [2.05, 4.69) is 80.7 Å².